The predicted octanol–water partition coefficient (Wildman–Crippen LogP) is 8.12. The molecule has 0 spiro atoms. The number of rotatable bonds is 12. The molecule has 8 heteroatoms. The van der Waals surface area contributed by atoms with Crippen LogP contribution in [0.1, 0.15) is 61.4 Å². The summed E-state index contributed by atoms with van der Waals surface area (Å²) in [6.07, 6.45) is 8.68. The molecule has 0 unspecified atom stereocenters. The van der Waals surface area contributed by atoms with E-state index >= 15 is 0 Å². The fraction of sp³-hybridized carbons (Fsp3) is 0.387. The van der Waals surface area contributed by atoms with Crippen LogP contribution in [0.2, 0.25) is 5.02 Å². The van der Waals surface area contributed by atoms with Gasteiger partial charge in [0.2, 0.25) is 5.88 Å². The third-order valence-corrected chi connectivity index (χ3v) is 9.84. The van der Waals surface area contributed by atoms with Gasteiger partial charge in [0.25, 0.3) is 10.1 Å². The van der Waals surface area contributed by atoms with Crippen LogP contribution in [0.15, 0.2) is 70.5 Å². The first-order valence-corrected chi connectivity index (χ1v) is 16.2. The van der Waals surface area contributed by atoms with Gasteiger partial charge in [-0.05, 0) is 74.4 Å². The molecular weight excluding hydrogens is 550 g/mol. The Morgan fingerprint density at radius 3 is 2.51 bits per heavy atom. The number of hydrogen-bond donors (Lipinski definition) is 0. The minimum absolute atomic E-state index is 0.119. The number of pyridine rings is 1. The van der Waals surface area contributed by atoms with Crippen molar-refractivity contribution in [3.05, 3.63) is 88.1 Å². The second kappa shape index (κ2) is 13.8. The maximum Gasteiger partial charge on any atom is 0.296 e. The predicted molar refractivity (Wildman–Crippen MR) is 160 cm³/mol. The second-order valence-corrected chi connectivity index (χ2v) is 12.9. The van der Waals surface area contributed by atoms with Crippen molar-refractivity contribution in [1.29, 1.82) is 0 Å². The van der Waals surface area contributed by atoms with Gasteiger partial charge in [-0.1, -0.05) is 67.3 Å². The summed E-state index contributed by atoms with van der Waals surface area (Å²) in [5.41, 5.74) is 5.08. The lowest BCUT2D eigenvalue weighted by Gasteiger charge is -2.15. The third-order valence-electron chi connectivity index (χ3n) is 6.93. The van der Waals surface area contributed by atoms with E-state index in [1.54, 1.807) is 43.1 Å². The van der Waals surface area contributed by atoms with E-state index in [1.807, 2.05) is 19.1 Å². The Hall–Kier alpha value is -2.32. The highest BCUT2D eigenvalue weighted by molar-refractivity contribution is 7.99. The molecule has 0 amide bonds. The van der Waals surface area contributed by atoms with Crippen LogP contribution >= 0.6 is 23.4 Å². The highest BCUT2D eigenvalue weighted by Crippen LogP contribution is 2.36. The summed E-state index contributed by atoms with van der Waals surface area (Å²) >= 11 is 8.34. The number of allylic oxidation sites excluding steroid dienone is 1. The van der Waals surface area contributed by atoms with Crippen LogP contribution in [0.25, 0.3) is 5.57 Å². The smallest absolute Gasteiger partial charge is 0.296 e. The Labute approximate surface area is 242 Å². The van der Waals surface area contributed by atoms with Gasteiger partial charge < -0.3 is 4.74 Å². The van der Waals surface area contributed by atoms with E-state index in [1.165, 1.54) is 25.7 Å². The van der Waals surface area contributed by atoms with Crippen LogP contribution in [0.4, 0.5) is 0 Å². The molecule has 0 aliphatic heterocycles. The fourth-order valence-corrected chi connectivity index (χ4v) is 6.85. The molecule has 3 aromatic rings. The molecule has 39 heavy (non-hydrogen) atoms. The molecule has 1 fully saturated rings. The van der Waals surface area contributed by atoms with Crippen molar-refractivity contribution in [3.63, 3.8) is 0 Å². The number of hydrogen-bond acceptors (Lipinski definition) is 6. The largest absolute Gasteiger partial charge is 0.481 e. The van der Waals surface area contributed by atoms with Gasteiger partial charge in [-0.25, -0.2) is 4.98 Å². The van der Waals surface area contributed by atoms with Crippen LogP contribution in [-0.4, -0.2) is 32.9 Å². The standard InChI is InChI=1S/C31H36ClNO4S2/c1-4-24-12-16-29(33-31(24)36-3)27(20-23-8-5-6-9-23)25-13-17-30(28(32)21-25)38-19-7-18-37-39(34,35)26-14-10-22(2)11-15-26/h10-17,20-21,23H,4-9,18-19H2,1-3H3. The van der Waals surface area contributed by atoms with Gasteiger partial charge in [0, 0.05) is 21.8 Å². The maximum absolute atomic E-state index is 12.4. The minimum Gasteiger partial charge on any atom is -0.481 e. The van der Waals surface area contributed by atoms with E-state index in [9.17, 15) is 8.42 Å². The SMILES string of the molecule is CCc1ccc(C(=CC2CCCC2)c2ccc(SCCCOS(=O)(=O)c3ccc(C)cc3)c(Cl)c2)nc1OC. The zero-order valence-corrected chi connectivity index (χ0v) is 25.2. The third kappa shape index (κ3) is 7.88. The van der Waals surface area contributed by atoms with Gasteiger partial charge in [0.05, 0.1) is 29.3 Å². The first kappa shape index (κ1) is 29.7. The summed E-state index contributed by atoms with van der Waals surface area (Å²) in [5, 5.41) is 0.667. The number of aromatic nitrogens is 1. The monoisotopic (exact) mass is 585 g/mol. The second-order valence-electron chi connectivity index (χ2n) is 9.78. The summed E-state index contributed by atoms with van der Waals surface area (Å²) < 4.78 is 35.6. The van der Waals surface area contributed by atoms with E-state index in [0.717, 1.165) is 39.3 Å². The van der Waals surface area contributed by atoms with Crippen molar-refractivity contribution in [2.45, 2.75) is 62.2 Å². The molecule has 0 saturated heterocycles. The fourth-order valence-electron chi connectivity index (χ4n) is 4.72. The molecular formula is C31H36ClNO4S2. The molecule has 1 saturated carbocycles. The maximum atomic E-state index is 12.4. The average Bonchev–Trinajstić information content (AvgIpc) is 3.45. The minimum atomic E-state index is -3.75. The number of thioether (sulfide) groups is 1. The van der Waals surface area contributed by atoms with Crippen molar-refractivity contribution < 1.29 is 17.3 Å². The van der Waals surface area contributed by atoms with Crippen molar-refractivity contribution >= 4 is 39.1 Å². The van der Waals surface area contributed by atoms with Crippen molar-refractivity contribution in [2.75, 3.05) is 19.5 Å². The summed E-state index contributed by atoms with van der Waals surface area (Å²) in [6, 6.07) is 17.0. The van der Waals surface area contributed by atoms with Crippen LogP contribution in [0.5, 0.6) is 5.88 Å². The van der Waals surface area contributed by atoms with E-state index in [-0.39, 0.29) is 11.5 Å². The van der Waals surface area contributed by atoms with E-state index < -0.39 is 10.1 Å². The first-order chi connectivity index (χ1) is 18.8. The van der Waals surface area contributed by atoms with Gasteiger partial charge in [0.15, 0.2) is 0 Å². The Bertz CT molecular complexity index is 1400. The number of methoxy groups -OCH3 is 1. The lowest BCUT2D eigenvalue weighted by atomic mass is 9.95. The average molecular weight is 586 g/mol. The number of benzene rings is 2. The summed E-state index contributed by atoms with van der Waals surface area (Å²) in [5.74, 6) is 1.88. The lowest BCUT2D eigenvalue weighted by Crippen LogP contribution is -2.08. The summed E-state index contributed by atoms with van der Waals surface area (Å²) in [4.78, 5) is 5.98. The molecule has 1 heterocycles. The van der Waals surface area contributed by atoms with Crippen LogP contribution in [0, 0.1) is 12.8 Å². The molecule has 0 radical (unpaired) electrons. The molecule has 1 aliphatic carbocycles. The Balaban J connectivity index is 1.43. The Morgan fingerprint density at radius 2 is 1.85 bits per heavy atom. The van der Waals surface area contributed by atoms with Gasteiger partial charge in [-0.2, -0.15) is 8.42 Å². The van der Waals surface area contributed by atoms with Gasteiger partial charge in [0.1, 0.15) is 0 Å². The zero-order chi connectivity index (χ0) is 27.8. The molecule has 0 atom stereocenters. The lowest BCUT2D eigenvalue weighted by molar-refractivity contribution is 0.319. The van der Waals surface area contributed by atoms with Gasteiger partial charge in [-0.15, -0.1) is 11.8 Å². The molecule has 208 valence electrons. The molecule has 0 N–H and O–H groups in total. The summed E-state index contributed by atoms with van der Waals surface area (Å²) in [6.45, 7) is 4.13. The van der Waals surface area contributed by atoms with Crippen molar-refractivity contribution in [3.8, 4) is 5.88 Å². The van der Waals surface area contributed by atoms with Crippen molar-refractivity contribution in [1.82, 2.24) is 4.98 Å². The van der Waals surface area contributed by atoms with E-state index in [2.05, 4.69) is 31.2 Å². The topological polar surface area (TPSA) is 65.5 Å². The molecule has 5 nitrogen and oxygen atoms in total. The molecule has 0 bridgehead atoms. The normalized spacial score (nSPS) is 14.6. The zero-order valence-electron chi connectivity index (χ0n) is 22.8. The molecule has 2 aromatic carbocycles. The number of ether oxygens (including phenoxy) is 1. The summed E-state index contributed by atoms with van der Waals surface area (Å²) in [7, 11) is -2.08. The molecule has 1 aliphatic rings. The Morgan fingerprint density at radius 1 is 1.10 bits per heavy atom. The number of halogens is 1. The Kier molecular flexibility index (Phi) is 10.5. The first-order valence-electron chi connectivity index (χ1n) is 13.5. The molecule has 1 aromatic heterocycles. The number of aryl methyl sites for hydroxylation is 2. The van der Waals surface area contributed by atoms with E-state index in [4.69, 9.17) is 25.5 Å². The van der Waals surface area contributed by atoms with Crippen LogP contribution < -0.4 is 4.74 Å². The highest BCUT2D eigenvalue weighted by Gasteiger charge is 2.18. The van der Waals surface area contributed by atoms with Gasteiger partial charge >= 0.3 is 0 Å². The van der Waals surface area contributed by atoms with Crippen molar-refractivity contribution in [2.24, 2.45) is 5.92 Å². The number of nitrogens with zero attached hydrogens (tertiary/aromatic N) is 1. The highest BCUT2D eigenvalue weighted by atomic mass is 35.5. The van der Waals surface area contributed by atoms with Gasteiger partial charge in [-0.3, -0.25) is 4.18 Å². The van der Waals surface area contributed by atoms with Crippen LogP contribution in [-0.2, 0) is 20.7 Å². The molecule has 4 rings (SSSR count). The quantitative estimate of drug-likeness (QED) is 0.121. The van der Waals surface area contributed by atoms with E-state index in [0.29, 0.717) is 29.0 Å². The van der Waals surface area contributed by atoms with Crippen LogP contribution in [0.3, 0.4) is 0 Å².